The lowest BCUT2D eigenvalue weighted by Gasteiger charge is -2.21. The molecule has 0 spiro atoms. The van der Waals surface area contributed by atoms with Gasteiger partial charge in [0, 0.05) is 13.1 Å². The number of aromatic nitrogens is 2. The average molecular weight is 260 g/mol. The summed E-state index contributed by atoms with van der Waals surface area (Å²) in [5, 5.41) is 3.07. The van der Waals surface area contributed by atoms with Gasteiger partial charge in [-0.05, 0) is 26.0 Å². The molecule has 0 aliphatic rings. The minimum absolute atomic E-state index is 0.0622. The molecule has 2 N–H and O–H groups in total. The molecule has 19 heavy (non-hydrogen) atoms. The van der Waals surface area contributed by atoms with Gasteiger partial charge in [-0.2, -0.15) is 0 Å². The van der Waals surface area contributed by atoms with Crippen LogP contribution in [-0.4, -0.2) is 34.0 Å². The molecule has 0 saturated heterocycles. The van der Waals surface area contributed by atoms with Crippen LogP contribution in [0, 0.1) is 0 Å². The molecule has 6 nitrogen and oxygen atoms in total. The number of hydrogen-bond acceptors (Lipinski definition) is 3. The first kappa shape index (κ1) is 13.1. The van der Waals surface area contributed by atoms with Gasteiger partial charge in [0.05, 0.1) is 10.9 Å². The molecule has 0 atom stereocenters. The Hall–Kier alpha value is -2.37. The van der Waals surface area contributed by atoms with Gasteiger partial charge in [0.25, 0.3) is 5.56 Å². The first-order valence-electron chi connectivity index (χ1n) is 6.02. The maximum Gasteiger partial charge on any atom is 0.324 e. The number of H-pyrrole nitrogens is 1. The molecule has 0 fully saturated rings. The van der Waals surface area contributed by atoms with E-state index in [1.807, 2.05) is 13.8 Å². The van der Waals surface area contributed by atoms with Crippen LogP contribution in [-0.2, 0) is 0 Å². The van der Waals surface area contributed by atoms with E-state index in [4.69, 9.17) is 0 Å². The van der Waals surface area contributed by atoms with E-state index >= 15 is 0 Å². The monoisotopic (exact) mass is 260 g/mol. The molecule has 0 bridgehead atoms. The molecular formula is C13H16N4O2. The van der Waals surface area contributed by atoms with Gasteiger partial charge in [-0.25, -0.2) is 9.78 Å². The second-order valence-corrected chi connectivity index (χ2v) is 4.57. The molecule has 0 unspecified atom stereocenters. The van der Waals surface area contributed by atoms with Gasteiger partial charge in [0.2, 0.25) is 5.95 Å². The van der Waals surface area contributed by atoms with E-state index < -0.39 is 0 Å². The fourth-order valence-corrected chi connectivity index (χ4v) is 1.57. The third-order valence-corrected chi connectivity index (χ3v) is 2.93. The predicted octanol–water partition coefficient (Wildman–Crippen LogP) is 1.80. The summed E-state index contributed by atoms with van der Waals surface area (Å²) in [7, 11) is 1.68. The van der Waals surface area contributed by atoms with Gasteiger partial charge in [-0.15, -0.1) is 0 Å². The fourth-order valence-electron chi connectivity index (χ4n) is 1.57. The second-order valence-electron chi connectivity index (χ2n) is 4.57. The van der Waals surface area contributed by atoms with Crippen molar-refractivity contribution in [3.05, 3.63) is 34.6 Å². The highest BCUT2D eigenvalue weighted by molar-refractivity contribution is 5.88. The molecule has 1 heterocycles. The number of hydrogen-bond donors (Lipinski definition) is 2. The number of anilines is 1. The number of urea groups is 1. The molecule has 100 valence electrons. The average Bonchev–Trinajstić information content (AvgIpc) is 2.37. The highest BCUT2D eigenvalue weighted by atomic mass is 16.2. The summed E-state index contributed by atoms with van der Waals surface area (Å²) in [6.07, 6.45) is 0. The van der Waals surface area contributed by atoms with E-state index in [9.17, 15) is 9.59 Å². The lowest BCUT2D eigenvalue weighted by Crippen LogP contribution is -2.37. The SMILES string of the molecule is CC(C)N(C)C(=O)Nc1nc2ccccc2c(=O)[nH]1. The second kappa shape index (κ2) is 5.09. The molecule has 1 aromatic carbocycles. The smallest absolute Gasteiger partial charge is 0.324 e. The molecule has 2 amide bonds. The molecule has 0 aliphatic heterocycles. The van der Waals surface area contributed by atoms with Crippen molar-refractivity contribution in [2.75, 3.05) is 12.4 Å². The Kier molecular flexibility index (Phi) is 3.50. The topological polar surface area (TPSA) is 78.1 Å². The third kappa shape index (κ3) is 2.73. The summed E-state index contributed by atoms with van der Waals surface area (Å²) in [4.78, 5) is 32.0. The molecule has 2 rings (SSSR count). The van der Waals surface area contributed by atoms with E-state index in [2.05, 4.69) is 15.3 Å². The van der Waals surface area contributed by atoms with Crippen molar-refractivity contribution in [3.63, 3.8) is 0 Å². The summed E-state index contributed by atoms with van der Waals surface area (Å²) < 4.78 is 0. The maximum atomic E-state index is 11.9. The quantitative estimate of drug-likeness (QED) is 0.864. The Labute approximate surface area is 110 Å². The highest BCUT2D eigenvalue weighted by Gasteiger charge is 2.13. The van der Waals surface area contributed by atoms with Gasteiger partial charge in [0.15, 0.2) is 0 Å². The van der Waals surface area contributed by atoms with Crippen molar-refractivity contribution in [1.29, 1.82) is 0 Å². The van der Waals surface area contributed by atoms with E-state index in [-0.39, 0.29) is 23.6 Å². The van der Waals surface area contributed by atoms with Crippen LogP contribution in [0.2, 0.25) is 0 Å². The van der Waals surface area contributed by atoms with Crippen LogP contribution < -0.4 is 10.9 Å². The third-order valence-electron chi connectivity index (χ3n) is 2.93. The Balaban J connectivity index is 2.32. The zero-order chi connectivity index (χ0) is 14.0. The zero-order valence-corrected chi connectivity index (χ0v) is 11.1. The van der Waals surface area contributed by atoms with E-state index in [1.54, 1.807) is 31.3 Å². The standard InChI is InChI=1S/C13H16N4O2/c1-8(2)17(3)13(19)16-12-14-10-7-5-4-6-9(10)11(18)15-12/h4-8H,1-3H3,(H2,14,15,16,18,19). The van der Waals surface area contributed by atoms with Crippen molar-refractivity contribution in [2.45, 2.75) is 19.9 Å². The zero-order valence-electron chi connectivity index (χ0n) is 11.1. The highest BCUT2D eigenvalue weighted by Crippen LogP contribution is 2.08. The van der Waals surface area contributed by atoms with Crippen molar-refractivity contribution in [2.24, 2.45) is 0 Å². The van der Waals surface area contributed by atoms with Crippen LogP contribution in [0.15, 0.2) is 29.1 Å². The molecule has 1 aromatic heterocycles. The number of carbonyl (C=O) groups excluding carboxylic acids is 1. The minimum Gasteiger partial charge on any atom is -0.325 e. The van der Waals surface area contributed by atoms with Crippen LogP contribution in [0.5, 0.6) is 0 Å². The lowest BCUT2D eigenvalue weighted by molar-refractivity contribution is 0.211. The molecular weight excluding hydrogens is 244 g/mol. The Morgan fingerprint density at radius 2 is 2.05 bits per heavy atom. The fraction of sp³-hybridized carbons (Fsp3) is 0.308. The molecule has 0 saturated carbocycles. The summed E-state index contributed by atoms with van der Waals surface area (Å²) >= 11 is 0. The van der Waals surface area contributed by atoms with Gasteiger partial charge in [0.1, 0.15) is 0 Å². The van der Waals surface area contributed by atoms with Crippen molar-refractivity contribution >= 4 is 22.9 Å². The largest absolute Gasteiger partial charge is 0.325 e. The van der Waals surface area contributed by atoms with Gasteiger partial charge < -0.3 is 4.90 Å². The molecule has 0 aliphatic carbocycles. The number of nitrogens with zero attached hydrogens (tertiary/aromatic N) is 2. The summed E-state index contributed by atoms with van der Waals surface area (Å²) in [5.41, 5.74) is 0.279. The van der Waals surface area contributed by atoms with Gasteiger partial charge in [-0.1, -0.05) is 12.1 Å². The van der Waals surface area contributed by atoms with Crippen molar-refractivity contribution in [3.8, 4) is 0 Å². The number of nitrogens with one attached hydrogen (secondary N) is 2. The Morgan fingerprint density at radius 3 is 2.74 bits per heavy atom. The van der Waals surface area contributed by atoms with E-state index in [0.29, 0.717) is 10.9 Å². The first-order chi connectivity index (χ1) is 8.99. The van der Waals surface area contributed by atoms with Crippen LogP contribution in [0.3, 0.4) is 0 Å². The predicted molar refractivity (Wildman–Crippen MR) is 74.3 cm³/mol. The van der Waals surface area contributed by atoms with Crippen LogP contribution in [0.1, 0.15) is 13.8 Å². The number of amides is 2. The first-order valence-corrected chi connectivity index (χ1v) is 6.02. The summed E-state index contributed by atoms with van der Waals surface area (Å²) in [6, 6.07) is 6.73. The molecule has 0 radical (unpaired) electrons. The molecule has 2 aromatic rings. The number of benzene rings is 1. The summed E-state index contributed by atoms with van der Waals surface area (Å²) in [6.45, 7) is 3.80. The number of fused-ring (bicyclic) bond motifs is 1. The number of para-hydroxylation sites is 1. The number of carbonyl (C=O) groups is 1. The van der Waals surface area contributed by atoms with E-state index in [1.165, 1.54) is 4.90 Å². The normalized spacial score (nSPS) is 10.7. The van der Waals surface area contributed by atoms with Gasteiger partial charge in [-0.3, -0.25) is 15.1 Å². The summed E-state index contributed by atoms with van der Waals surface area (Å²) in [5.74, 6) is 0.154. The number of rotatable bonds is 2. The maximum absolute atomic E-state index is 11.9. The van der Waals surface area contributed by atoms with Crippen LogP contribution in [0.4, 0.5) is 10.7 Å². The molecule has 6 heteroatoms. The van der Waals surface area contributed by atoms with Crippen LogP contribution >= 0.6 is 0 Å². The lowest BCUT2D eigenvalue weighted by atomic mass is 10.2. The van der Waals surface area contributed by atoms with Crippen LogP contribution in [0.25, 0.3) is 10.9 Å². The van der Waals surface area contributed by atoms with Gasteiger partial charge >= 0.3 is 6.03 Å². The Bertz CT molecular complexity index is 663. The van der Waals surface area contributed by atoms with Crippen molar-refractivity contribution < 1.29 is 4.79 Å². The number of aromatic amines is 1. The van der Waals surface area contributed by atoms with E-state index in [0.717, 1.165) is 0 Å². The minimum atomic E-state index is -0.312. The van der Waals surface area contributed by atoms with Crippen molar-refractivity contribution in [1.82, 2.24) is 14.9 Å². The Morgan fingerprint density at radius 1 is 1.37 bits per heavy atom.